The van der Waals surface area contributed by atoms with E-state index in [-0.39, 0.29) is 0 Å². The maximum Gasteiger partial charge on any atom is 0.181 e. The number of nitrogens with zero attached hydrogens (tertiary/aromatic N) is 2. The van der Waals surface area contributed by atoms with Gasteiger partial charge in [-0.1, -0.05) is 44.2 Å². The van der Waals surface area contributed by atoms with E-state index in [9.17, 15) is 0 Å². The van der Waals surface area contributed by atoms with Crippen molar-refractivity contribution in [2.45, 2.75) is 26.2 Å². The molecule has 1 aliphatic rings. The number of thiocarbonyl (C=S) groups is 3. The Balaban J connectivity index is 2.57. The monoisotopic (exact) mass is 246 g/mol. The number of unbranched alkanes of at least 4 members (excludes halogenated alkanes) is 2. The molecule has 1 aliphatic heterocycles. The highest BCUT2D eigenvalue weighted by atomic mass is 32.1. The van der Waals surface area contributed by atoms with Crippen LogP contribution in [0.25, 0.3) is 0 Å². The first kappa shape index (κ1) is 11.9. The SMILES string of the molecule is CCCCCN1C(=S)C(=S)N(C)C1=S. The van der Waals surface area contributed by atoms with Crippen LogP contribution in [0.15, 0.2) is 0 Å². The smallest absolute Gasteiger partial charge is 0.181 e. The van der Waals surface area contributed by atoms with Gasteiger partial charge in [-0.2, -0.15) is 0 Å². The highest BCUT2D eigenvalue weighted by Gasteiger charge is 2.31. The van der Waals surface area contributed by atoms with Gasteiger partial charge in [0.05, 0.1) is 0 Å². The lowest BCUT2D eigenvalue weighted by Gasteiger charge is -2.17. The predicted molar refractivity (Wildman–Crippen MR) is 71.8 cm³/mol. The Morgan fingerprint density at radius 1 is 1.07 bits per heavy atom. The molecule has 1 fully saturated rings. The molecule has 0 aromatic carbocycles. The molecule has 1 heterocycles. The summed E-state index contributed by atoms with van der Waals surface area (Å²) in [6.07, 6.45) is 3.53. The summed E-state index contributed by atoms with van der Waals surface area (Å²) in [6, 6.07) is 0. The molecule has 0 radical (unpaired) electrons. The molecular weight excluding hydrogens is 232 g/mol. The van der Waals surface area contributed by atoms with Gasteiger partial charge in [0.2, 0.25) is 0 Å². The molecule has 2 nitrogen and oxygen atoms in total. The van der Waals surface area contributed by atoms with Crippen LogP contribution >= 0.6 is 36.7 Å². The molecule has 0 aromatic heterocycles. The molecule has 0 atom stereocenters. The standard InChI is InChI=1S/C9H14N2S3/c1-3-4-5-6-11-8(13)7(12)10(2)9(11)14/h3-6H2,1-2H3. The third kappa shape index (κ3) is 2.27. The van der Waals surface area contributed by atoms with Crippen LogP contribution in [0.1, 0.15) is 26.2 Å². The Kier molecular flexibility index (Phi) is 4.34. The molecule has 5 heteroatoms. The van der Waals surface area contributed by atoms with Crippen molar-refractivity contribution in [1.82, 2.24) is 9.80 Å². The van der Waals surface area contributed by atoms with Gasteiger partial charge < -0.3 is 9.80 Å². The van der Waals surface area contributed by atoms with E-state index in [0.717, 1.165) is 18.1 Å². The van der Waals surface area contributed by atoms with E-state index in [4.69, 9.17) is 36.7 Å². The summed E-state index contributed by atoms with van der Waals surface area (Å²) in [5, 5.41) is 0.746. The zero-order valence-corrected chi connectivity index (χ0v) is 10.9. The summed E-state index contributed by atoms with van der Waals surface area (Å²) in [5.41, 5.74) is 0. The van der Waals surface area contributed by atoms with E-state index < -0.39 is 0 Å². The van der Waals surface area contributed by atoms with Crippen molar-refractivity contribution >= 4 is 51.7 Å². The van der Waals surface area contributed by atoms with Crippen molar-refractivity contribution in [3.8, 4) is 0 Å². The van der Waals surface area contributed by atoms with Gasteiger partial charge in [-0.05, 0) is 18.6 Å². The average Bonchev–Trinajstić information content (AvgIpc) is 2.35. The summed E-state index contributed by atoms with van der Waals surface area (Å²) >= 11 is 15.6. The summed E-state index contributed by atoms with van der Waals surface area (Å²) < 4.78 is 0. The lowest BCUT2D eigenvalue weighted by atomic mass is 10.2. The summed E-state index contributed by atoms with van der Waals surface area (Å²) in [5.74, 6) is 0. The van der Waals surface area contributed by atoms with Crippen LogP contribution in [-0.2, 0) is 0 Å². The third-order valence-electron chi connectivity index (χ3n) is 2.24. The van der Waals surface area contributed by atoms with Crippen LogP contribution in [-0.4, -0.2) is 38.5 Å². The Morgan fingerprint density at radius 2 is 1.71 bits per heavy atom. The van der Waals surface area contributed by atoms with Crippen LogP contribution < -0.4 is 0 Å². The highest BCUT2D eigenvalue weighted by Crippen LogP contribution is 2.14. The van der Waals surface area contributed by atoms with E-state index >= 15 is 0 Å². The summed E-state index contributed by atoms with van der Waals surface area (Å²) in [7, 11) is 1.87. The quantitative estimate of drug-likeness (QED) is 0.553. The van der Waals surface area contributed by atoms with Crippen molar-refractivity contribution in [1.29, 1.82) is 0 Å². The van der Waals surface area contributed by atoms with E-state index in [0.29, 0.717) is 9.98 Å². The molecular formula is C9H14N2S3. The van der Waals surface area contributed by atoms with Gasteiger partial charge in [-0.25, -0.2) is 0 Å². The first-order chi connectivity index (χ1) is 6.59. The van der Waals surface area contributed by atoms with Crippen LogP contribution in [0.4, 0.5) is 0 Å². The molecule has 0 aromatic rings. The minimum Gasteiger partial charge on any atom is -0.310 e. The molecule has 78 valence electrons. The molecule has 1 saturated heterocycles. The fourth-order valence-corrected chi connectivity index (χ4v) is 2.23. The van der Waals surface area contributed by atoms with E-state index in [1.807, 2.05) is 11.9 Å². The van der Waals surface area contributed by atoms with E-state index in [2.05, 4.69) is 6.92 Å². The second kappa shape index (κ2) is 5.09. The van der Waals surface area contributed by atoms with Crippen molar-refractivity contribution in [2.24, 2.45) is 0 Å². The van der Waals surface area contributed by atoms with Crippen molar-refractivity contribution < 1.29 is 0 Å². The number of hydrogen-bond donors (Lipinski definition) is 0. The van der Waals surface area contributed by atoms with Gasteiger partial charge in [0.1, 0.15) is 9.98 Å². The molecule has 0 N–H and O–H groups in total. The maximum atomic E-state index is 5.24. The zero-order valence-electron chi connectivity index (χ0n) is 8.45. The lowest BCUT2D eigenvalue weighted by molar-refractivity contribution is 0.548. The molecule has 0 unspecified atom stereocenters. The number of likely N-dealkylation sites (N-methyl/N-ethyl adjacent to an activating group) is 1. The third-order valence-corrected chi connectivity index (χ3v) is 3.74. The van der Waals surface area contributed by atoms with Gasteiger partial charge in [0.25, 0.3) is 0 Å². The first-order valence-corrected chi connectivity index (χ1v) is 5.95. The molecule has 0 bridgehead atoms. The van der Waals surface area contributed by atoms with Gasteiger partial charge in [0.15, 0.2) is 5.11 Å². The highest BCUT2D eigenvalue weighted by molar-refractivity contribution is 7.90. The molecule has 1 rings (SSSR count). The Bertz CT molecular complexity index is 275. The Morgan fingerprint density at radius 3 is 2.14 bits per heavy atom. The largest absolute Gasteiger partial charge is 0.310 e. The minimum absolute atomic E-state index is 0.682. The molecule has 0 aliphatic carbocycles. The van der Waals surface area contributed by atoms with E-state index in [1.54, 1.807) is 4.90 Å². The van der Waals surface area contributed by atoms with Crippen LogP contribution in [0.3, 0.4) is 0 Å². The topological polar surface area (TPSA) is 6.48 Å². The predicted octanol–water partition coefficient (Wildman–Crippen LogP) is 2.36. The van der Waals surface area contributed by atoms with Crippen molar-refractivity contribution in [3.63, 3.8) is 0 Å². The zero-order chi connectivity index (χ0) is 10.7. The second-order valence-corrected chi connectivity index (χ2v) is 4.45. The first-order valence-electron chi connectivity index (χ1n) is 4.73. The van der Waals surface area contributed by atoms with Gasteiger partial charge >= 0.3 is 0 Å². The minimum atomic E-state index is 0.682. The number of rotatable bonds is 4. The molecule has 14 heavy (non-hydrogen) atoms. The fourth-order valence-electron chi connectivity index (χ4n) is 1.33. The average molecular weight is 246 g/mol. The Labute approximate surface area is 101 Å². The van der Waals surface area contributed by atoms with Gasteiger partial charge in [0, 0.05) is 13.6 Å². The van der Waals surface area contributed by atoms with Crippen LogP contribution in [0.2, 0.25) is 0 Å². The Hall–Kier alpha value is -0.130. The van der Waals surface area contributed by atoms with Crippen LogP contribution in [0.5, 0.6) is 0 Å². The fraction of sp³-hybridized carbons (Fsp3) is 0.667. The summed E-state index contributed by atoms with van der Waals surface area (Å²) in [4.78, 5) is 5.16. The lowest BCUT2D eigenvalue weighted by Crippen LogP contribution is -2.31. The van der Waals surface area contributed by atoms with Gasteiger partial charge in [-0.3, -0.25) is 0 Å². The normalized spacial score (nSPS) is 17.1. The molecule has 0 saturated carbocycles. The maximum absolute atomic E-state index is 5.24. The van der Waals surface area contributed by atoms with Crippen molar-refractivity contribution in [2.75, 3.05) is 13.6 Å². The number of hydrogen-bond acceptors (Lipinski definition) is 3. The van der Waals surface area contributed by atoms with Crippen molar-refractivity contribution in [3.05, 3.63) is 0 Å². The molecule has 0 spiro atoms. The van der Waals surface area contributed by atoms with Gasteiger partial charge in [-0.15, -0.1) is 0 Å². The second-order valence-electron chi connectivity index (χ2n) is 3.31. The summed E-state index contributed by atoms with van der Waals surface area (Å²) in [6.45, 7) is 3.08. The molecule has 0 amide bonds. The van der Waals surface area contributed by atoms with E-state index in [1.165, 1.54) is 12.8 Å². The van der Waals surface area contributed by atoms with Crippen LogP contribution in [0, 0.1) is 0 Å².